The van der Waals surface area contributed by atoms with Crippen molar-refractivity contribution < 1.29 is 23.1 Å². The minimum atomic E-state index is -2.70. The maximum absolute atomic E-state index is 13.4. The Morgan fingerprint density at radius 1 is 1.23 bits per heavy atom. The highest BCUT2D eigenvalue weighted by atomic mass is 19.3. The summed E-state index contributed by atoms with van der Waals surface area (Å²) in [5.41, 5.74) is 0.860. The molecule has 7 heteroatoms. The lowest BCUT2D eigenvalue weighted by Crippen LogP contribution is -2.46. The predicted octanol–water partition coefficient (Wildman–Crippen LogP) is 2.86. The lowest BCUT2D eigenvalue weighted by atomic mass is 9.91. The van der Waals surface area contributed by atoms with Crippen molar-refractivity contribution in [1.82, 2.24) is 9.80 Å². The molecule has 2 heterocycles. The number of hydrogen-bond donors (Lipinski definition) is 0. The van der Waals surface area contributed by atoms with Crippen LogP contribution in [-0.2, 0) is 9.59 Å². The number of piperidine rings is 1. The molecule has 2 aliphatic heterocycles. The normalized spacial score (nSPS) is 25.5. The SMILES string of the molecule is CCN1C(=O)C[C@@H](C(=O)N2CCC(F)(F)CC2)[C@@H]1c1ccc(OC)cc1. The van der Waals surface area contributed by atoms with Gasteiger partial charge in [0.2, 0.25) is 11.8 Å². The van der Waals surface area contributed by atoms with Crippen LogP contribution in [0.1, 0.15) is 37.8 Å². The lowest BCUT2D eigenvalue weighted by molar-refractivity contribution is -0.142. The molecule has 5 nitrogen and oxygen atoms in total. The van der Waals surface area contributed by atoms with Gasteiger partial charge in [-0.15, -0.1) is 0 Å². The lowest BCUT2D eigenvalue weighted by Gasteiger charge is -2.35. The first-order chi connectivity index (χ1) is 12.4. The first-order valence-corrected chi connectivity index (χ1v) is 8.96. The van der Waals surface area contributed by atoms with Crippen molar-refractivity contribution in [3.63, 3.8) is 0 Å². The Morgan fingerprint density at radius 2 is 1.85 bits per heavy atom. The van der Waals surface area contributed by atoms with Gasteiger partial charge >= 0.3 is 0 Å². The Balaban J connectivity index is 1.83. The van der Waals surface area contributed by atoms with Crippen molar-refractivity contribution >= 4 is 11.8 Å². The number of nitrogens with zero attached hydrogens (tertiary/aromatic N) is 2. The summed E-state index contributed by atoms with van der Waals surface area (Å²) >= 11 is 0. The van der Waals surface area contributed by atoms with Crippen LogP contribution in [0.25, 0.3) is 0 Å². The highest BCUT2D eigenvalue weighted by Gasteiger charge is 2.46. The van der Waals surface area contributed by atoms with E-state index in [9.17, 15) is 18.4 Å². The van der Waals surface area contributed by atoms with Gasteiger partial charge in [-0.1, -0.05) is 12.1 Å². The Bertz CT molecular complexity index is 668. The number of alkyl halides is 2. The molecular weight excluding hydrogens is 342 g/mol. The Morgan fingerprint density at radius 3 is 2.38 bits per heavy atom. The molecule has 0 bridgehead atoms. The zero-order valence-electron chi connectivity index (χ0n) is 15.1. The number of carbonyl (C=O) groups excluding carboxylic acids is 2. The molecule has 2 saturated heterocycles. The van der Waals surface area contributed by atoms with E-state index in [-0.39, 0.29) is 50.2 Å². The van der Waals surface area contributed by atoms with Crippen molar-refractivity contribution in [3.05, 3.63) is 29.8 Å². The van der Waals surface area contributed by atoms with E-state index in [4.69, 9.17) is 4.74 Å². The second-order valence-electron chi connectivity index (χ2n) is 6.89. The number of carbonyl (C=O) groups is 2. The van der Waals surface area contributed by atoms with E-state index >= 15 is 0 Å². The first kappa shape index (κ1) is 18.6. The van der Waals surface area contributed by atoms with Gasteiger partial charge < -0.3 is 14.5 Å². The molecule has 26 heavy (non-hydrogen) atoms. The molecular formula is C19H24F2N2O3. The maximum atomic E-state index is 13.4. The van der Waals surface area contributed by atoms with Crippen molar-refractivity contribution in [2.45, 2.75) is 38.2 Å². The summed E-state index contributed by atoms with van der Waals surface area (Å²) in [7, 11) is 1.57. The smallest absolute Gasteiger partial charge is 0.251 e. The third-order valence-electron chi connectivity index (χ3n) is 5.35. The molecule has 0 spiro atoms. The fourth-order valence-electron chi connectivity index (χ4n) is 3.89. The van der Waals surface area contributed by atoms with Gasteiger partial charge in [-0.05, 0) is 24.6 Å². The minimum absolute atomic E-state index is 0.0397. The molecule has 0 radical (unpaired) electrons. The molecule has 3 rings (SSSR count). The zero-order chi connectivity index (χ0) is 18.9. The summed E-state index contributed by atoms with van der Waals surface area (Å²) in [6.45, 7) is 2.45. The Kier molecular flexibility index (Phi) is 5.16. The summed E-state index contributed by atoms with van der Waals surface area (Å²) in [5, 5.41) is 0. The number of amides is 2. The molecule has 0 aromatic heterocycles. The van der Waals surface area contributed by atoms with Crippen LogP contribution < -0.4 is 4.74 Å². The molecule has 1 aromatic carbocycles. The van der Waals surface area contributed by atoms with Crippen molar-refractivity contribution in [3.8, 4) is 5.75 Å². The van der Waals surface area contributed by atoms with Crippen LogP contribution in [0.4, 0.5) is 8.78 Å². The van der Waals surface area contributed by atoms with Gasteiger partial charge in [0.25, 0.3) is 5.92 Å². The third-order valence-corrected chi connectivity index (χ3v) is 5.35. The van der Waals surface area contributed by atoms with E-state index in [1.165, 1.54) is 4.90 Å². The fraction of sp³-hybridized carbons (Fsp3) is 0.579. The topological polar surface area (TPSA) is 49.9 Å². The molecule has 0 saturated carbocycles. The van der Waals surface area contributed by atoms with Gasteiger partial charge in [-0.3, -0.25) is 9.59 Å². The van der Waals surface area contributed by atoms with Gasteiger partial charge in [0.1, 0.15) is 5.75 Å². The number of methoxy groups -OCH3 is 1. The summed E-state index contributed by atoms with van der Waals surface area (Å²) in [5.74, 6) is -2.82. The summed E-state index contributed by atoms with van der Waals surface area (Å²) in [6.07, 6.45) is -0.509. The Labute approximate surface area is 151 Å². The van der Waals surface area contributed by atoms with Crippen LogP contribution >= 0.6 is 0 Å². The van der Waals surface area contributed by atoms with E-state index in [0.29, 0.717) is 12.3 Å². The monoisotopic (exact) mass is 366 g/mol. The Hall–Kier alpha value is -2.18. The van der Waals surface area contributed by atoms with Crippen LogP contribution in [-0.4, -0.2) is 54.3 Å². The van der Waals surface area contributed by atoms with E-state index in [2.05, 4.69) is 0 Å². The second-order valence-corrected chi connectivity index (χ2v) is 6.89. The molecule has 0 N–H and O–H groups in total. The quantitative estimate of drug-likeness (QED) is 0.823. The van der Waals surface area contributed by atoms with Gasteiger partial charge in [0, 0.05) is 38.9 Å². The number of rotatable bonds is 4. The molecule has 0 unspecified atom stereocenters. The number of halogens is 2. The van der Waals surface area contributed by atoms with E-state index in [1.54, 1.807) is 24.1 Å². The van der Waals surface area contributed by atoms with E-state index < -0.39 is 11.8 Å². The van der Waals surface area contributed by atoms with E-state index in [0.717, 1.165) is 5.56 Å². The van der Waals surface area contributed by atoms with Gasteiger partial charge in [-0.25, -0.2) is 8.78 Å². The average Bonchev–Trinajstić information content (AvgIpc) is 2.97. The molecule has 0 aliphatic carbocycles. The third kappa shape index (κ3) is 3.52. The van der Waals surface area contributed by atoms with Crippen LogP contribution in [0.15, 0.2) is 24.3 Å². The number of hydrogen-bond acceptors (Lipinski definition) is 3. The standard InChI is InChI=1S/C19H24F2N2O3/c1-3-23-16(24)12-15(17(23)13-4-6-14(26-2)7-5-13)18(25)22-10-8-19(20,21)9-11-22/h4-7,15,17H,3,8-12H2,1-2H3/t15-,17+/m1/s1. The molecule has 2 atom stereocenters. The van der Waals surface area contributed by atoms with Crippen LogP contribution in [0.2, 0.25) is 0 Å². The molecule has 142 valence electrons. The largest absolute Gasteiger partial charge is 0.497 e. The van der Waals surface area contributed by atoms with Crippen LogP contribution in [0.5, 0.6) is 5.75 Å². The average molecular weight is 366 g/mol. The van der Waals surface area contributed by atoms with Crippen LogP contribution in [0.3, 0.4) is 0 Å². The zero-order valence-corrected chi connectivity index (χ0v) is 15.1. The molecule has 2 amide bonds. The highest BCUT2D eigenvalue weighted by Crippen LogP contribution is 2.40. The van der Waals surface area contributed by atoms with Crippen LogP contribution in [0, 0.1) is 5.92 Å². The van der Waals surface area contributed by atoms with Crippen molar-refractivity contribution in [1.29, 1.82) is 0 Å². The summed E-state index contributed by atoms with van der Waals surface area (Å²) in [4.78, 5) is 28.6. The summed E-state index contributed by atoms with van der Waals surface area (Å²) < 4.78 is 32.0. The van der Waals surface area contributed by atoms with Crippen molar-refractivity contribution in [2.75, 3.05) is 26.7 Å². The summed E-state index contributed by atoms with van der Waals surface area (Å²) in [6, 6.07) is 6.95. The fourth-order valence-corrected chi connectivity index (χ4v) is 3.89. The molecule has 2 fully saturated rings. The molecule has 2 aliphatic rings. The van der Waals surface area contributed by atoms with E-state index in [1.807, 2.05) is 19.1 Å². The predicted molar refractivity (Wildman–Crippen MR) is 92.0 cm³/mol. The number of likely N-dealkylation sites (tertiary alicyclic amines) is 2. The molecule has 1 aromatic rings. The van der Waals surface area contributed by atoms with Gasteiger partial charge in [0.05, 0.1) is 19.1 Å². The number of benzene rings is 1. The number of ether oxygens (including phenoxy) is 1. The second kappa shape index (κ2) is 7.21. The minimum Gasteiger partial charge on any atom is -0.497 e. The first-order valence-electron chi connectivity index (χ1n) is 8.96. The van der Waals surface area contributed by atoms with Crippen molar-refractivity contribution in [2.24, 2.45) is 5.92 Å². The highest BCUT2D eigenvalue weighted by molar-refractivity contribution is 5.90. The van der Waals surface area contributed by atoms with Gasteiger partial charge in [0.15, 0.2) is 0 Å². The maximum Gasteiger partial charge on any atom is 0.251 e. The van der Waals surface area contributed by atoms with Gasteiger partial charge in [-0.2, -0.15) is 0 Å².